The molecule has 0 bridgehead atoms. The van der Waals surface area contributed by atoms with Crippen LogP contribution in [0.5, 0.6) is 0 Å². The molecular formula is C19H33Cl2N5O2S. The topological polar surface area (TPSA) is 95.3 Å². The predicted octanol–water partition coefficient (Wildman–Crippen LogP) is 2.11. The Morgan fingerprint density at radius 1 is 1.34 bits per heavy atom. The van der Waals surface area contributed by atoms with E-state index in [1.165, 1.54) is 0 Å². The van der Waals surface area contributed by atoms with Gasteiger partial charge in [-0.05, 0) is 43.1 Å². The second-order valence-corrected chi connectivity index (χ2v) is 8.84. The summed E-state index contributed by atoms with van der Waals surface area (Å²) in [5.41, 5.74) is 7.28. The summed E-state index contributed by atoms with van der Waals surface area (Å²) in [4.78, 5) is 36.0. The van der Waals surface area contributed by atoms with Gasteiger partial charge in [-0.2, -0.15) is 11.8 Å². The zero-order valence-electron chi connectivity index (χ0n) is 17.0. The first kappa shape index (κ1) is 26.1. The number of likely N-dealkylation sites (tertiary alicyclic amines) is 2. The summed E-state index contributed by atoms with van der Waals surface area (Å²) in [5, 5.41) is 0. The van der Waals surface area contributed by atoms with Gasteiger partial charge in [0.15, 0.2) is 0 Å². The van der Waals surface area contributed by atoms with Gasteiger partial charge in [-0.15, -0.1) is 24.8 Å². The van der Waals surface area contributed by atoms with E-state index in [9.17, 15) is 9.59 Å². The maximum atomic E-state index is 12.5. The van der Waals surface area contributed by atoms with Crippen molar-refractivity contribution in [2.75, 3.05) is 38.2 Å². The minimum absolute atomic E-state index is 0. The van der Waals surface area contributed by atoms with Crippen molar-refractivity contribution in [2.24, 2.45) is 11.1 Å². The summed E-state index contributed by atoms with van der Waals surface area (Å²) in [6.45, 7) is 3.05. The first-order chi connectivity index (χ1) is 13.0. The van der Waals surface area contributed by atoms with Crippen LogP contribution in [0.4, 0.5) is 0 Å². The van der Waals surface area contributed by atoms with Crippen LogP contribution in [0.25, 0.3) is 0 Å². The molecule has 166 valence electrons. The highest BCUT2D eigenvalue weighted by molar-refractivity contribution is 7.98. The van der Waals surface area contributed by atoms with Crippen LogP contribution in [0.1, 0.15) is 37.8 Å². The number of piperidine rings is 2. The quantitative estimate of drug-likeness (QED) is 0.642. The number of carbonyl (C=O) groups is 2. The van der Waals surface area contributed by atoms with E-state index >= 15 is 0 Å². The SMILES string of the molecule is CSCC[C@H](N)C(=O)N1CCC2(CCC(=O)N(CCc3cnc[nH]3)C2)CC1.Cl.Cl. The lowest BCUT2D eigenvalue weighted by molar-refractivity contribution is -0.143. The number of halogens is 2. The van der Waals surface area contributed by atoms with E-state index in [0.29, 0.717) is 6.42 Å². The number of nitrogens with two attached hydrogens (primary N) is 1. The molecule has 10 heteroatoms. The van der Waals surface area contributed by atoms with Crippen molar-refractivity contribution in [2.45, 2.75) is 44.6 Å². The van der Waals surface area contributed by atoms with Crippen LogP contribution >= 0.6 is 36.6 Å². The lowest BCUT2D eigenvalue weighted by atomic mass is 9.72. The molecule has 2 saturated heterocycles. The molecule has 2 aliphatic rings. The van der Waals surface area contributed by atoms with Crippen LogP contribution in [0.15, 0.2) is 12.5 Å². The third kappa shape index (κ3) is 6.77. The number of thioether (sulfide) groups is 1. The van der Waals surface area contributed by atoms with Crippen molar-refractivity contribution in [3.8, 4) is 0 Å². The molecule has 3 rings (SSSR count). The molecule has 0 aliphatic carbocycles. The lowest BCUT2D eigenvalue weighted by Gasteiger charge is -2.47. The van der Waals surface area contributed by atoms with Crippen LogP contribution in [-0.2, 0) is 16.0 Å². The number of aromatic amines is 1. The van der Waals surface area contributed by atoms with E-state index in [1.54, 1.807) is 18.1 Å². The fourth-order valence-corrected chi connectivity index (χ4v) is 4.68. The number of carbonyl (C=O) groups excluding carboxylic acids is 2. The summed E-state index contributed by atoms with van der Waals surface area (Å²) in [7, 11) is 0. The number of amides is 2. The molecule has 0 unspecified atom stereocenters. The molecule has 0 radical (unpaired) electrons. The molecule has 7 nitrogen and oxygen atoms in total. The van der Waals surface area contributed by atoms with Gasteiger partial charge in [-0.25, -0.2) is 4.98 Å². The van der Waals surface area contributed by atoms with Crippen LogP contribution < -0.4 is 5.73 Å². The van der Waals surface area contributed by atoms with Gasteiger partial charge in [0.1, 0.15) is 0 Å². The Balaban J connectivity index is 0.00000210. The summed E-state index contributed by atoms with van der Waals surface area (Å²) >= 11 is 1.72. The monoisotopic (exact) mass is 465 g/mol. The van der Waals surface area contributed by atoms with E-state index in [4.69, 9.17) is 5.73 Å². The lowest BCUT2D eigenvalue weighted by Crippen LogP contribution is -2.54. The zero-order valence-corrected chi connectivity index (χ0v) is 19.4. The number of hydrogen-bond acceptors (Lipinski definition) is 5. The number of nitrogens with zero attached hydrogens (tertiary/aromatic N) is 3. The van der Waals surface area contributed by atoms with E-state index < -0.39 is 0 Å². The summed E-state index contributed by atoms with van der Waals surface area (Å²) in [6.07, 6.45) is 10.5. The largest absolute Gasteiger partial charge is 0.348 e. The van der Waals surface area contributed by atoms with Crippen LogP contribution in [0, 0.1) is 5.41 Å². The Labute approximate surface area is 189 Å². The van der Waals surface area contributed by atoms with Crippen LogP contribution in [-0.4, -0.2) is 75.8 Å². The van der Waals surface area contributed by atoms with Crippen LogP contribution in [0.3, 0.4) is 0 Å². The molecule has 0 aromatic carbocycles. The maximum Gasteiger partial charge on any atom is 0.239 e. The number of imidazole rings is 1. The minimum Gasteiger partial charge on any atom is -0.348 e. The van der Waals surface area contributed by atoms with E-state index in [0.717, 1.165) is 69.7 Å². The molecule has 2 fully saturated rings. The molecule has 1 aromatic heterocycles. The summed E-state index contributed by atoms with van der Waals surface area (Å²) in [5.74, 6) is 1.25. The van der Waals surface area contributed by atoms with Crippen molar-refractivity contribution >= 4 is 48.4 Å². The third-order valence-corrected chi connectivity index (χ3v) is 6.68. The molecule has 1 aromatic rings. The van der Waals surface area contributed by atoms with Gasteiger partial charge >= 0.3 is 0 Å². The zero-order chi connectivity index (χ0) is 19.3. The van der Waals surface area contributed by atoms with Gasteiger partial charge in [0.2, 0.25) is 11.8 Å². The second kappa shape index (κ2) is 12.0. The van der Waals surface area contributed by atoms with Crippen LogP contribution in [0.2, 0.25) is 0 Å². The van der Waals surface area contributed by atoms with Crippen molar-refractivity contribution in [1.29, 1.82) is 0 Å². The smallest absolute Gasteiger partial charge is 0.239 e. The molecule has 29 heavy (non-hydrogen) atoms. The minimum atomic E-state index is -0.384. The molecular weight excluding hydrogens is 433 g/mol. The molecule has 0 saturated carbocycles. The fraction of sp³-hybridized carbons (Fsp3) is 0.737. The molecule has 3 N–H and O–H groups in total. The first-order valence-electron chi connectivity index (χ1n) is 9.81. The summed E-state index contributed by atoms with van der Waals surface area (Å²) in [6, 6.07) is -0.384. The number of hydrogen-bond donors (Lipinski definition) is 2. The maximum absolute atomic E-state index is 12.5. The highest BCUT2D eigenvalue weighted by Gasteiger charge is 2.41. The van der Waals surface area contributed by atoms with Gasteiger partial charge in [-0.3, -0.25) is 9.59 Å². The summed E-state index contributed by atoms with van der Waals surface area (Å²) < 4.78 is 0. The van der Waals surface area contributed by atoms with Gasteiger partial charge in [-0.1, -0.05) is 0 Å². The number of nitrogens with one attached hydrogen (secondary N) is 1. The predicted molar refractivity (Wildman–Crippen MR) is 122 cm³/mol. The Bertz CT molecular complexity index is 639. The van der Waals surface area contributed by atoms with Crippen molar-refractivity contribution in [3.63, 3.8) is 0 Å². The normalized spacial score (nSPS) is 19.4. The Hall–Kier alpha value is -0.960. The van der Waals surface area contributed by atoms with E-state index in [-0.39, 0.29) is 48.1 Å². The van der Waals surface area contributed by atoms with Gasteiger partial charge in [0, 0.05) is 50.9 Å². The first-order valence-corrected chi connectivity index (χ1v) is 11.2. The Morgan fingerprint density at radius 2 is 2.07 bits per heavy atom. The highest BCUT2D eigenvalue weighted by Crippen LogP contribution is 2.40. The van der Waals surface area contributed by atoms with Crippen molar-refractivity contribution in [3.05, 3.63) is 18.2 Å². The molecule has 2 aliphatic heterocycles. The van der Waals surface area contributed by atoms with Crippen molar-refractivity contribution in [1.82, 2.24) is 19.8 Å². The standard InChI is InChI=1S/C19H31N5O2S.2ClH/c1-27-11-4-16(20)18(26)23-9-6-19(7-10-23)5-2-17(25)24(13-19)8-3-15-12-21-14-22-15;;/h12,14,16H,2-11,13,20H2,1H3,(H,21,22);2*1H/t16-;;/m0../s1. The molecule has 1 atom stereocenters. The number of aromatic nitrogens is 2. The third-order valence-electron chi connectivity index (χ3n) is 6.04. The van der Waals surface area contributed by atoms with E-state index in [1.807, 2.05) is 22.3 Å². The Morgan fingerprint density at radius 3 is 2.69 bits per heavy atom. The number of H-pyrrole nitrogens is 1. The molecule has 2 amide bonds. The van der Waals surface area contributed by atoms with Gasteiger partial charge in [0.05, 0.1) is 12.4 Å². The van der Waals surface area contributed by atoms with Gasteiger partial charge < -0.3 is 20.5 Å². The van der Waals surface area contributed by atoms with E-state index in [2.05, 4.69) is 9.97 Å². The average molecular weight is 466 g/mol. The Kier molecular flexibility index (Phi) is 10.8. The fourth-order valence-electron chi connectivity index (χ4n) is 4.20. The average Bonchev–Trinajstić information content (AvgIpc) is 3.21. The molecule has 3 heterocycles. The second-order valence-electron chi connectivity index (χ2n) is 7.86. The van der Waals surface area contributed by atoms with Gasteiger partial charge in [0.25, 0.3) is 0 Å². The molecule has 1 spiro atoms. The van der Waals surface area contributed by atoms with Crippen molar-refractivity contribution < 1.29 is 9.59 Å². The number of rotatable bonds is 7. The highest BCUT2D eigenvalue weighted by atomic mass is 35.5.